The van der Waals surface area contributed by atoms with Crippen molar-refractivity contribution in [2.24, 2.45) is 0 Å². The van der Waals surface area contributed by atoms with Crippen LogP contribution in [0.3, 0.4) is 0 Å². The van der Waals surface area contributed by atoms with E-state index in [1.165, 1.54) is 0 Å². The number of fused-ring (bicyclic) bond motifs is 3. The van der Waals surface area contributed by atoms with Crippen molar-refractivity contribution >= 4 is 10.8 Å². The van der Waals surface area contributed by atoms with E-state index in [1.54, 1.807) is 36.5 Å². The van der Waals surface area contributed by atoms with Gasteiger partial charge in [0.1, 0.15) is 6.07 Å². The summed E-state index contributed by atoms with van der Waals surface area (Å²) >= 11 is 0. The summed E-state index contributed by atoms with van der Waals surface area (Å²) in [5, 5.41) is 29.6. The molecule has 3 rings (SSSR count). The molecule has 4 nitrogen and oxygen atoms in total. The van der Waals surface area contributed by atoms with Crippen LogP contribution < -0.4 is 5.36 Å². The van der Waals surface area contributed by atoms with Crippen molar-refractivity contribution < 1.29 is 0 Å². The van der Waals surface area contributed by atoms with Crippen molar-refractivity contribution in [2.75, 3.05) is 0 Å². The van der Waals surface area contributed by atoms with Gasteiger partial charge in [0.15, 0.2) is 0 Å². The van der Waals surface area contributed by atoms with E-state index in [0.717, 1.165) is 21.3 Å². The monoisotopic (exact) mass is 244 g/mol. The van der Waals surface area contributed by atoms with Gasteiger partial charge in [-0.2, -0.15) is 10.5 Å². The van der Waals surface area contributed by atoms with E-state index in [0.29, 0.717) is 11.1 Å². The minimum Gasteiger partial charge on any atom is -0.361 e. The van der Waals surface area contributed by atoms with Crippen LogP contribution in [0, 0.1) is 38.6 Å². The van der Waals surface area contributed by atoms with Gasteiger partial charge in [-0.1, -0.05) is 6.07 Å². The van der Waals surface area contributed by atoms with Gasteiger partial charge in [-0.25, -0.2) is 0 Å². The molecule has 0 atom stereocenters. The quantitative estimate of drug-likeness (QED) is 0.634. The second-order valence-electron chi connectivity index (χ2n) is 4.19. The summed E-state index contributed by atoms with van der Waals surface area (Å²) in [7, 11) is 0. The van der Waals surface area contributed by atoms with Crippen molar-refractivity contribution in [3.05, 3.63) is 63.6 Å². The van der Waals surface area contributed by atoms with E-state index < -0.39 is 0 Å². The highest BCUT2D eigenvalue weighted by atomic mass is 14.6. The van der Waals surface area contributed by atoms with Crippen molar-refractivity contribution in [3.8, 4) is 12.1 Å². The lowest BCUT2D eigenvalue weighted by Gasteiger charge is -2.02. The number of nitrogens with zero attached hydrogens (tertiary/aromatic N) is 2. The molecule has 0 bridgehead atoms. The second-order valence-corrected chi connectivity index (χ2v) is 4.19. The Labute approximate surface area is 108 Å². The zero-order valence-electron chi connectivity index (χ0n) is 9.86. The summed E-state index contributed by atoms with van der Waals surface area (Å²) in [6.45, 7) is 0. The average Bonchev–Trinajstić information content (AvgIpc) is 2.66. The number of aromatic amines is 1. The number of H-pyrrole nitrogens is 1. The van der Waals surface area contributed by atoms with Crippen molar-refractivity contribution in [3.63, 3.8) is 0 Å². The summed E-state index contributed by atoms with van der Waals surface area (Å²) in [6.07, 6.45) is 1.77. The molecule has 0 saturated heterocycles. The number of hydrogen-bond acceptors (Lipinski definition) is 3. The molecule has 2 N–H and O–H groups in total. The molecule has 1 aromatic carbocycles. The van der Waals surface area contributed by atoms with Crippen LogP contribution in [0.25, 0.3) is 10.8 Å². The molecule has 0 radical (unpaired) electrons. The molecule has 1 aliphatic heterocycles. The number of aromatic nitrogens is 1. The Morgan fingerprint density at radius 1 is 1.00 bits per heavy atom. The zero-order chi connectivity index (χ0) is 13.4. The van der Waals surface area contributed by atoms with Gasteiger partial charge < -0.3 is 4.98 Å². The first-order chi connectivity index (χ1) is 9.26. The topological polar surface area (TPSA) is 87.2 Å². The molecule has 0 spiro atoms. The molecule has 0 amide bonds. The predicted octanol–water partition coefficient (Wildman–Crippen LogP) is 2.12. The van der Waals surface area contributed by atoms with Gasteiger partial charge in [0.25, 0.3) is 0 Å². The highest BCUT2D eigenvalue weighted by Crippen LogP contribution is 2.23. The maximum absolute atomic E-state index is 9.19. The zero-order valence-corrected chi connectivity index (χ0v) is 9.86. The van der Waals surface area contributed by atoms with Crippen molar-refractivity contribution in [2.45, 2.75) is 0 Å². The SMILES string of the molecule is N#Cc1cc2c3c(C#N)ccc[nH]c=3c2ccc1=N. The maximum atomic E-state index is 9.19. The molecule has 2 aliphatic rings. The standard InChI is InChI=1S/C15H8N4/c16-7-9-2-1-5-19-15-11-3-4-13(18)10(8-17)6-12(11)14(9)15/h1-6,18-19H. The van der Waals surface area contributed by atoms with Crippen LogP contribution in [0.2, 0.25) is 0 Å². The molecular weight excluding hydrogens is 236 g/mol. The lowest BCUT2D eigenvalue weighted by atomic mass is 10.0. The molecule has 0 unspecified atom stereocenters. The van der Waals surface area contributed by atoms with Crippen LogP contribution in [0.1, 0.15) is 11.1 Å². The maximum Gasteiger partial charge on any atom is 0.101 e. The molecule has 19 heavy (non-hydrogen) atoms. The average molecular weight is 244 g/mol. The first-order valence-corrected chi connectivity index (χ1v) is 5.68. The summed E-state index contributed by atoms with van der Waals surface area (Å²) in [5.41, 5.74) is 0.868. The Morgan fingerprint density at radius 3 is 2.53 bits per heavy atom. The van der Waals surface area contributed by atoms with Crippen LogP contribution in [-0.2, 0) is 0 Å². The smallest absolute Gasteiger partial charge is 0.101 e. The Kier molecular flexibility index (Phi) is 2.30. The molecule has 4 heteroatoms. The molecule has 1 heterocycles. The number of nitriles is 2. The van der Waals surface area contributed by atoms with Gasteiger partial charge in [-0.05, 0) is 29.7 Å². The third-order valence-electron chi connectivity index (χ3n) is 3.17. The summed E-state index contributed by atoms with van der Waals surface area (Å²) < 4.78 is 0. The van der Waals surface area contributed by atoms with Crippen LogP contribution in [0.15, 0.2) is 36.5 Å². The number of nitrogens with one attached hydrogen (secondary N) is 2. The molecule has 88 valence electrons. The van der Waals surface area contributed by atoms with Gasteiger partial charge in [-0.15, -0.1) is 0 Å². The van der Waals surface area contributed by atoms with Crippen LogP contribution >= 0.6 is 0 Å². The summed E-state index contributed by atoms with van der Waals surface area (Å²) in [5.74, 6) is 0. The van der Waals surface area contributed by atoms with E-state index in [4.69, 9.17) is 10.7 Å². The second kappa shape index (κ2) is 3.97. The third kappa shape index (κ3) is 1.48. The fourth-order valence-electron chi connectivity index (χ4n) is 2.25. The van der Waals surface area contributed by atoms with Gasteiger partial charge >= 0.3 is 0 Å². The molecule has 0 aromatic heterocycles. The van der Waals surface area contributed by atoms with E-state index >= 15 is 0 Å². The van der Waals surface area contributed by atoms with Crippen LogP contribution in [0.4, 0.5) is 0 Å². The molecular formula is C15H8N4. The Bertz CT molecular complexity index is 999. The number of hydrogen-bond donors (Lipinski definition) is 2. The number of rotatable bonds is 0. The fourth-order valence-corrected chi connectivity index (χ4v) is 2.25. The first kappa shape index (κ1) is 11.0. The van der Waals surface area contributed by atoms with E-state index in [9.17, 15) is 5.26 Å². The highest BCUT2D eigenvalue weighted by Gasteiger charge is 2.09. The van der Waals surface area contributed by atoms with Crippen molar-refractivity contribution in [1.82, 2.24) is 4.98 Å². The van der Waals surface area contributed by atoms with Crippen LogP contribution in [-0.4, -0.2) is 4.98 Å². The Hall–Kier alpha value is -3.11. The molecule has 1 aromatic rings. The van der Waals surface area contributed by atoms with E-state index in [2.05, 4.69) is 11.1 Å². The molecule has 0 saturated carbocycles. The van der Waals surface area contributed by atoms with Gasteiger partial charge in [0.2, 0.25) is 0 Å². The predicted molar refractivity (Wildman–Crippen MR) is 68.9 cm³/mol. The molecule has 0 fully saturated rings. The van der Waals surface area contributed by atoms with Gasteiger partial charge in [0, 0.05) is 16.8 Å². The van der Waals surface area contributed by atoms with Crippen molar-refractivity contribution in [1.29, 1.82) is 15.9 Å². The van der Waals surface area contributed by atoms with E-state index in [1.807, 2.05) is 6.07 Å². The first-order valence-electron chi connectivity index (χ1n) is 5.68. The fraction of sp³-hybridized carbons (Fsp3) is 0. The summed E-state index contributed by atoms with van der Waals surface area (Å²) in [6, 6.07) is 12.8. The largest absolute Gasteiger partial charge is 0.361 e. The lowest BCUT2D eigenvalue weighted by Crippen LogP contribution is -1.98. The minimum absolute atomic E-state index is 0.186. The summed E-state index contributed by atoms with van der Waals surface area (Å²) in [4.78, 5) is 3.12. The molecule has 1 aliphatic carbocycles. The lowest BCUT2D eigenvalue weighted by molar-refractivity contribution is 1.26. The highest BCUT2D eigenvalue weighted by molar-refractivity contribution is 5.89. The normalized spacial score (nSPS) is 10.2. The Morgan fingerprint density at radius 2 is 1.79 bits per heavy atom. The third-order valence-corrected chi connectivity index (χ3v) is 3.17. The Balaban J connectivity index is 2.65. The van der Waals surface area contributed by atoms with E-state index in [-0.39, 0.29) is 5.36 Å². The minimum atomic E-state index is 0.186. The van der Waals surface area contributed by atoms with Gasteiger partial charge in [0.05, 0.1) is 27.9 Å². The van der Waals surface area contributed by atoms with Crippen LogP contribution in [0.5, 0.6) is 0 Å². The van der Waals surface area contributed by atoms with Gasteiger partial charge in [-0.3, -0.25) is 5.41 Å².